The normalized spacial score (nSPS) is 17.2. The van der Waals surface area contributed by atoms with E-state index in [-0.39, 0.29) is 17.9 Å². The maximum Gasteiger partial charge on any atom is 0.257 e. The molecule has 0 radical (unpaired) electrons. The molecule has 0 aliphatic carbocycles. The summed E-state index contributed by atoms with van der Waals surface area (Å²) in [7, 11) is 0. The van der Waals surface area contributed by atoms with Gasteiger partial charge in [-0.1, -0.05) is 52.8 Å². The summed E-state index contributed by atoms with van der Waals surface area (Å²) in [6.07, 6.45) is 0. The van der Waals surface area contributed by atoms with E-state index in [0.29, 0.717) is 18.5 Å². The van der Waals surface area contributed by atoms with Crippen LogP contribution in [0.25, 0.3) is 0 Å². The molecule has 26 heavy (non-hydrogen) atoms. The molecule has 0 aromatic heterocycles. The Kier molecular flexibility index (Phi) is 7.47. The van der Waals surface area contributed by atoms with Crippen LogP contribution in [0.3, 0.4) is 0 Å². The first-order chi connectivity index (χ1) is 12.3. The van der Waals surface area contributed by atoms with Gasteiger partial charge >= 0.3 is 0 Å². The zero-order valence-electron chi connectivity index (χ0n) is 16.9. The number of nitrogens with zero attached hydrogens (tertiary/aromatic N) is 1. The lowest BCUT2D eigenvalue weighted by molar-refractivity contribution is -0.123. The van der Waals surface area contributed by atoms with Crippen molar-refractivity contribution in [3.05, 3.63) is 29.8 Å². The number of ether oxygens (including phenoxy) is 2. The van der Waals surface area contributed by atoms with Gasteiger partial charge in [0.25, 0.3) is 5.91 Å². The second-order valence-corrected chi connectivity index (χ2v) is 8.30. The topological polar surface area (TPSA) is 50.8 Å². The van der Waals surface area contributed by atoms with Gasteiger partial charge in [-0.3, -0.25) is 9.69 Å². The van der Waals surface area contributed by atoms with Crippen molar-refractivity contribution in [2.45, 2.75) is 46.1 Å². The number of nitrogens with one attached hydrogen (secondary N) is 1. The maximum atomic E-state index is 12.3. The fourth-order valence-corrected chi connectivity index (χ4v) is 3.32. The van der Waals surface area contributed by atoms with Gasteiger partial charge in [-0.05, 0) is 23.0 Å². The lowest BCUT2D eigenvalue weighted by Gasteiger charge is -2.36. The van der Waals surface area contributed by atoms with Crippen molar-refractivity contribution in [3.63, 3.8) is 0 Å². The Balaban J connectivity index is 1.87. The molecular weight excluding hydrogens is 328 g/mol. The number of rotatable bonds is 7. The first kappa shape index (κ1) is 20.7. The summed E-state index contributed by atoms with van der Waals surface area (Å²) in [5.74, 6) is 1.17. The highest BCUT2D eigenvalue weighted by molar-refractivity contribution is 5.77. The van der Waals surface area contributed by atoms with Gasteiger partial charge in [0, 0.05) is 25.7 Å². The van der Waals surface area contributed by atoms with Gasteiger partial charge in [-0.2, -0.15) is 0 Å². The summed E-state index contributed by atoms with van der Waals surface area (Å²) in [4.78, 5) is 14.7. The number of carbonyl (C=O) groups excluding carboxylic acids is 1. The van der Waals surface area contributed by atoms with Crippen LogP contribution in [-0.4, -0.2) is 56.3 Å². The number of hydrogen-bond acceptors (Lipinski definition) is 4. The van der Waals surface area contributed by atoms with Crippen LogP contribution in [0.4, 0.5) is 0 Å². The lowest BCUT2D eigenvalue weighted by atomic mass is 9.86. The number of para-hydroxylation sites is 1. The van der Waals surface area contributed by atoms with E-state index < -0.39 is 0 Å². The minimum absolute atomic E-state index is 0.0217. The van der Waals surface area contributed by atoms with E-state index in [2.05, 4.69) is 50.9 Å². The van der Waals surface area contributed by atoms with Crippen LogP contribution in [0.5, 0.6) is 5.75 Å². The van der Waals surface area contributed by atoms with Crippen molar-refractivity contribution in [1.29, 1.82) is 0 Å². The molecule has 0 saturated carbocycles. The first-order valence-electron chi connectivity index (χ1n) is 9.60. The summed E-state index contributed by atoms with van der Waals surface area (Å²) >= 11 is 0. The molecule has 5 heteroatoms. The molecule has 0 bridgehead atoms. The largest absolute Gasteiger partial charge is 0.483 e. The zero-order chi connectivity index (χ0) is 19.2. The molecule has 5 nitrogen and oxygen atoms in total. The van der Waals surface area contributed by atoms with Crippen molar-refractivity contribution in [3.8, 4) is 5.75 Å². The molecule has 1 fully saturated rings. The van der Waals surface area contributed by atoms with E-state index in [0.717, 1.165) is 37.6 Å². The molecule has 0 spiro atoms. The molecule has 1 aliphatic heterocycles. The van der Waals surface area contributed by atoms with E-state index >= 15 is 0 Å². The minimum atomic E-state index is -0.0763. The van der Waals surface area contributed by atoms with Crippen molar-refractivity contribution >= 4 is 5.91 Å². The number of morpholine rings is 1. The second-order valence-electron chi connectivity index (χ2n) is 8.30. The summed E-state index contributed by atoms with van der Waals surface area (Å²) in [6, 6.07) is 8.25. The molecule has 1 aliphatic rings. The van der Waals surface area contributed by atoms with Gasteiger partial charge in [0.15, 0.2) is 6.61 Å². The third-order valence-electron chi connectivity index (χ3n) is 4.85. The number of hydrogen-bond donors (Lipinski definition) is 1. The first-order valence-corrected chi connectivity index (χ1v) is 9.60. The molecular formula is C21H34N2O3. The molecule has 2 rings (SSSR count). The predicted molar refractivity (Wildman–Crippen MR) is 105 cm³/mol. The predicted octanol–water partition coefficient (Wildman–Crippen LogP) is 2.84. The Labute approximate surface area is 158 Å². The highest BCUT2D eigenvalue weighted by Crippen LogP contribution is 2.30. The van der Waals surface area contributed by atoms with Gasteiger partial charge in [0.2, 0.25) is 0 Å². The Morgan fingerprint density at radius 2 is 1.88 bits per heavy atom. The zero-order valence-corrected chi connectivity index (χ0v) is 16.9. The smallest absolute Gasteiger partial charge is 0.257 e. The fraction of sp³-hybridized carbons (Fsp3) is 0.667. The molecule has 1 amide bonds. The quantitative estimate of drug-likeness (QED) is 0.810. The van der Waals surface area contributed by atoms with Crippen molar-refractivity contribution in [2.75, 3.05) is 39.5 Å². The van der Waals surface area contributed by atoms with Crippen LogP contribution >= 0.6 is 0 Å². The molecule has 1 atom stereocenters. The van der Waals surface area contributed by atoms with Crippen LogP contribution in [0.15, 0.2) is 24.3 Å². The number of amides is 1. The lowest BCUT2D eigenvalue weighted by Crippen LogP contribution is -2.51. The van der Waals surface area contributed by atoms with Crippen LogP contribution in [0.2, 0.25) is 0 Å². The van der Waals surface area contributed by atoms with Gasteiger partial charge in [0.1, 0.15) is 5.75 Å². The second kappa shape index (κ2) is 9.38. The maximum absolute atomic E-state index is 12.3. The van der Waals surface area contributed by atoms with Crippen LogP contribution in [0.1, 0.15) is 40.2 Å². The SMILES string of the molecule is CC(C)C(CNC(=O)COc1ccccc1C(C)(C)C)N1CCOCC1. The van der Waals surface area contributed by atoms with Gasteiger partial charge in [0.05, 0.1) is 13.2 Å². The summed E-state index contributed by atoms with van der Waals surface area (Å²) in [5, 5.41) is 3.04. The Morgan fingerprint density at radius 3 is 2.50 bits per heavy atom. The van der Waals surface area contributed by atoms with Crippen molar-refractivity contribution < 1.29 is 14.3 Å². The molecule has 1 N–H and O–H groups in total. The van der Waals surface area contributed by atoms with Crippen LogP contribution in [0, 0.1) is 5.92 Å². The summed E-state index contributed by atoms with van der Waals surface area (Å²) in [6.45, 7) is 14.9. The van der Waals surface area contributed by atoms with E-state index in [4.69, 9.17) is 9.47 Å². The molecule has 1 saturated heterocycles. The van der Waals surface area contributed by atoms with Crippen LogP contribution < -0.4 is 10.1 Å². The Hall–Kier alpha value is -1.59. The van der Waals surface area contributed by atoms with Crippen molar-refractivity contribution in [2.24, 2.45) is 5.92 Å². The third-order valence-corrected chi connectivity index (χ3v) is 4.85. The number of carbonyl (C=O) groups is 1. The standard InChI is InChI=1S/C21H34N2O3/c1-16(2)18(23-10-12-25-13-11-23)14-22-20(24)15-26-19-9-7-6-8-17(19)21(3,4)5/h6-9,16,18H,10-15H2,1-5H3,(H,22,24). The third kappa shape index (κ3) is 5.99. The number of benzene rings is 1. The van der Waals surface area contributed by atoms with Crippen molar-refractivity contribution in [1.82, 2.24) is 10.2 Å². The van der Waals surface area contributed by atoms with E-state index in [1.165, 1.54) is 0 Å². The van der Waals surface area contributed by atoms with E-state index in [1.807, 2.05) is 18.2 Å². The van der Waals surface area contributed by atoms with Gasteiger partial charge in [-0.25, -0.2) is 0 Å². The highest BCUT2D eigenvalue weighted by atomic mass is 16.5. The van der Waals surface area contributed by atoms with E-state index in [9.17, 15) is 4.79 Å². The van der Waals surface area contributed by atoms with Gasteiger partial charge < -0.3 is 14.8 Å². The van der Waals surface area contributed by atoms with Gasteiger partial charge in [-0.15, -0.1) is 0 Å². The average Bonchev–Trinajstić information content (AvgIpc) is 2.60. The molecule has 146 valence electrons. The monoisotopic (exact) mass is 362 g/mol. The van der Waals surface area contributed by atoms with Crippen LogP contribution in [-0.2, 0) is 14.9 Å². The van der Waals surface area contributed by atoms with E-state index in [1.54, 1.807) is 0 Å². The summed E-state index contributed by atoms with van der Waals surface area (Å²) in [5.41, 5.74) is 1.09. The minimum Gasteiger partial charge on any atom is -0.483 e. The Morgan fingerprint density at radius 1 is 1.23 bits per heavy atom. The average molecular weight is 363 g/mol. The Bertz CT molecular complexity index is 575. The fourth-order valence-electron chi connectivity index (χ4n) is 3.32. The molecule has 1 unspecified atom stereocenters. The molecule has 1 heterocycles. The molecule has 1 aromatic carbocycles. The summed E-state index contributed by atoms with van der Waals surface area (Å²) < 4.78 is 11.3. The highest BCUT2D eigenvalue weighted by Gasteiger charge is 2.24. The molecule has 1 aromatic rings.